The van der Waals surface area contributed by atoms with Crippen LogP contribution in [0.1, 0.15) is 56.0 Å². The zero-order chi connectivity index (χ0) is 17.0. The number of rotatable bonds is 6. The maximum atomic E-state index is 13.7. The summed E-state index contributed by atoms with van der Waals surface area (Å²) in [5, 5.41) is 12.6. The lowest BCUT2D eigenvalue weighted by molar-refractivity contribution is -0.121. The number of amides is 1. The summed E-state index contributed by atoms with van der Waals surface area (Å²) in [4.78, 5) is 13.0. The number of carbonyl (C=O) groups excluding carboxylic acids is 1. The summed E-state index contributed by atoms with van der Waals surface area (Å²) in [7, 11) is 0. The van der Waals surface area contributed by atoms with E-state index in [4.69, 9.17) is 0 Å². The van der Waals surface area contributed by atoms with Crippen molar-refractivity contribution in [2.75, 3.05) is 5.32 Å². The first-order valence-electron chi connectivity index (χ1n) is 8.54. The minimum atomic E-state index is -0.655. The third kappa shape index (κ3) is 3.48. The number of aromatic nitrogens is 2. The molecule has 1 aromatic heterocycles. The van der Waals surface area contributed by atoms with E-state index in [1.807, 2.05) is 6.07 Å². The number of benzene rings is 1. The zero-order valence-electron chi connectivity index (χ0n) is 13.8. The summed E-state index contributed by atoms with van der Waals surface area (Å²) in [6.45, 7) is 2.13. The molecular formula is C18H22FN3OS. The van der Waals surface area contributed by atoms with E-state index in [0.717, 1.165) is 55.5 Å². The molecule has 1 saturated carbocycles. The van der Waals surface area contributed by atoms with Crippen molar-refractivity contribution in [3.8, 4) is 0 Å². The van der Waals surface area contributed by atoms with Crippen molar-refractivity contribution >= 4 is 22.4 Å². The van der Waals surface area contributed by atoms with E-state index in [1.165, 1.54) is 23.5 Å². The fourth-order valence-electron chi connectivity index (χ4n) is 3.36. The molecule has 1 N–H and O–H groups in total. The lowest BCUT2D eigenvalue weighted by Crippen LogP contribution is -2.38. The van der Waals surface area contributed by atoms with E-state index in [9.17, 15) is 9.18 Å². The number of nitrogens with zero attached hydrogens (tertiary/aromatic N) is 2. The van der Waals surface area contributed by atoms with Crippen LogP contribution < -0.4 is 5.32 Å². The van der Waals surface area contributed by atoms with E-state index >= 15 is 0 Å². The molecule has 2 aromatic rings. The van der Waals surface area contributed by atoms with E-state index in [2.05, 4.69) is 22.4 Å². The summed E-state index contributed by atoms with van der Waals surface area (Å²) in [6.07, 6.45) is 6.48. The van der Waals surface area contributed by atoms with Gasteiger partial charge in [0, 0.05) is 6.42 Å². The van der Waals surface area contributed by atoms with Crippen LogP contribution in [0.3, 0.4) is 0 Å². The lowest BCUT2D eigenvalue weighted by Gasteiger charge is -2.27. The van der Waals surface area contributed by atoms with Gasteiger partial charge in [-0.05, 0) is 37.0 Å². The van der Waals surface area contributed by atoms with Gasteiger partial charge in [-0.1, -0.05) is 49.7 Å². The normalized spacial score (nSPS) is 16.2. The van der Waals surface area contributed by atoms with Crippen molar-refractivity contribution in [3.63, 3.8) is 0 Å². The van der Waals surface area contributed by atoms with Gasteiger partial charge in [0.15, 0.2) is 0 Å². The summed E-state index contributed by atoms with van der Waals surface area (Å²) in [5.74, 6) is -0.395. The molecule has 1 aliphatic rings. The van der Waals surface area contributed by atoms with Crippen LogP contribution in [0, 0.1) is 5.82 Å². The van der Waals surface area contributed by atoms with E-state index in [-0.39, 0.29) is 11.7 Å². The number of carbonyl (C=O) groups is 1. The van der Waals surface area contributed by atoms with Gasteiger partial charge in [-0.3, -0.25) is 10.1 Å². The number of unbranched alkanes of at least 4 members (excludes halogenated alkanes) is 1. The van der Waals surface area contributed by atoms with Crippen molar-refractivity contribution in [1.29, 1.82) is 0 Å². The largest absolute Gasteiger partial charge is 0.300 e. The highest BCUT2D eigenvalue weighted by Crippen LogP contribution is 2.42. The van der Waals surface area contributed by atoms with Gasteiger partial charge < -0.3 is 0 Å². The first kappa shape index (κ1) is 17.0. The SMILES string of the molecule is CCCCc1nnc(NC(=O)C2(c3cccc(F)c3)CCCC2)s1. The Hall–Kier alpha value is -1.82. The molecule has 3 rings (SSSR count). The van der Waals surface area contributed by atoms with Crippen LogP contribution in [-0.4, -0.2) is 16.1 Å². The number of nitrogens with one attached hydrogen (secondary N) is 1. The third-order valence-electron chi connectivity index (χ3n) is 4.70. The number of aryl methyl sites for hydroxylation is 1. The molecule has 0 unspecified atom stereocenters. The van der Waals surface area contributed by atoms with Gasteiger partial charge in [-0.15, -0.1) is 10.2 Å². The number of halogens is 1. The van der Waals surface area contributed by atoms with Crippen LogP contribution in [0.2, 0.25) is 0 Å². The second kappa shape index (κ2) is 7.38. The van der Waals surface area contributed by atoms with E-state index in [1.54, 1.807) is 6.07 Å². The average Bonchev–Trinajstić information content (AvgIpc) is 3.23. The predicted molar refractivity (Wildman–Crippen MR) is 93.7 cm³/mol. The molecule has 4 nitrogen and oxygen atoms in total. The first-order chi connectivity index (χ1) is 11.6. The van der Waals surface area contributed by atoms with Crippen molar-refractivity contribution in [3.05, 3.63) is 40.7 Å². The lowest BCUT2D eigenvalue weighted by atomic mass is 9.78. The molecule has 24 heavy (non-hydrogen) atoms. The highest BCUT2D eigenvalue weighted by Gasteiger charge is 2.43. The highest BCUT2D eigenvalue weighted by atomic mass is 32.1. The Morgan fingerprint density at radius 2 is 2.12 bits per heavy atom. The van der Waals surface area contributed by atoms with E-state index in [0.29, 0.717) is 5.13 Å². The summed E-state index contributed by atoms with van der Waals surface area (Å²) in [6, 6.07) is 6.42. The minimum absolute atomic E-state index is 0.0937. The van der Waals surface area contributed by atoms with Crippen LogP contribution in [0.25, 0.3) is 0 Å². The fourth-order valence-corrected chi connectivity index (χ4v) is 4.14. The summed E-state index contributed by atoms with van der Waals surface area (Å²) in [5.41, 5.74) is 0.102. The molecule has 1 heterocycles. The molecule has 0 aliphatic heterocycles. The van der Waals surface area contributed by atoms with E-state index < -0.39 is 5.41 Å². The predicted octanol–water partition coefficient (Wildman–Crippen LogP) is 4.47. The maximum absolute atomic E-state index is 13.7. The Morgan fingerprint density at radius 1 is 1.33 bits per heavy atom. The van der Waals surface area contributed by atoms with Gasteiger partial charge in [0.1, 0.15) is 10.8 Å². The van der Waals surface area contributed by atoms with Gasteiger partial charge in [0.25, 0.3) is 0 Å². The molecule has 1 fully saturated rings. The fraction of sp³-hybridized carbons (Fsp3) is 0.500. The van der Waals surface area contributed by atoms with Crippen molar-refractivity contribution in [2.24, 2.45) is 0 Å². The summed E-state index contributed by atoms with van der Waals surface area (Å²) < 4.78 is 13.7. The number of hydrogen-bond donors (Lipinski definition) is 1. The average molecular weight is 347 g/mol. The second-order valence-electron chi connectivity index (χ2n) is 6.36. The van der Waals surface area contributed by atoms with Crippen LogP contribution in [0.15, 0.2) is 24.3 Å². The van der Waals surface area contributed by atoms with Crippen molar-refractivity contribution in [2.45, 2.75) is 57.3 Å². The Kier molecular flexibility index (Phi) is 5.23. The van der Waals surface area contributed by atoms with Crippen LogP contribution in [0.5, 0.6) is 0 Å². The molecule has 1 amide bonds. The zero-order valence-corrected chi connectivity index (χ0v) is 14.7. The standard InChI is InChI=1S/C18H22FN3OS/c1-2-3-9-15-21-22-17(24-15)20-16(23)18(10-4-5-11-18)13-7-6-8-14(19)12-13/h6-8,12H,2-5,9-11H2,1H3,(H,20,22,23). The first-order valence-corrected chi connectivity index (χ1v) is 9.35. The molecule has 0 bridgehead atoms. The van der Waals surface area contributed by atoms with Crippen LogP contribution in [-0.2, 0) is 16.6 Å². The topological polar surface area (TPSA) is 54.9 Å². The highest BCUT2D eigenvalue weighted by molar-refractivity contribution is 7.15. The molecule has 0 atom stereocenters. The molecule has 0 saturated heterocycles. The van der Waals surface area contributed by atoms with Gasteiger partial charge in [0.2, 0.25) is 11.0 Å². The monoisotopic (exact) mass is 347 g/mol. The van der Waals surface area contributed by atoms with Crippen molar-refractivity contribution in [1.82, 2.24) is 10.2 Å². The Bertz CT molecular complexity index is 710. The number of hydrogen-bond acceptors (Lipinski definition) is 4. The molecule has 128 valence electrons. The molecule has 0 spiro atoms. The Balaban J connectivity index is 1.79. The Labute approximate surface area is 145 Å². The molecule has 1 aromatic carbocycles. The molecule has 1 aliphatic carbocycles. The Morgan fingerprint density at radius 3 is 2.83 bits per heavy atom. The van der Waals surface area contributed by atoms with Crippen molar-refractivity contribution < 1.29 is 9.18 Å². The maximum Gasteiger partial charge on any atom is 0.236 e. The second-order valence-corrected chi connectivity index (χ2v) is 7.42. The smallest absolute Gasteiger partial charge is 0.236 e. The van der Waals surface area contributed by atoms with Crippen LogP contribution in [0.4, 0.5) is 9.52 Å². The third-order valence-corrected chi connectivity index (χ3v) is 5.60. The molecule has 6 heteroatoms. The minimum Gasteiger partial charge on any atom is -0.300 e. The van der Waals surface area contributed by atoms with Gasteiger partial charge in [-0.25, -0.2) is 4.39 Å². The quantitative estimate of drug-likeness (QED) is 0.839. The van der Waals surface area contributed by atoms with Crippen LogP contribution >= 0.6 is 11.3 Å². The molecular weight excluding hydrogens is 325 g/mol. The summed E-state index contributed by atoms with van der Waals surface area (Å²) >= 11 is 1.43. The van der Waals surface area contributed by atoms with Gasteiger partial charge in [-0.2, -0.15) is 0 Å². The van der Waals surface area contributed by atoms with Gasteiger partial charge >= 0.3 is 0 Å². The number of anilines is 1. The molecule has 0 radical (unpaired) electrons. The van der Waals surface area contributed by atoms with Gasteiger partial charge in [0.05, 0.1) is 5.41 Å².